The van der Waals surface area contributed by atoms with E-state index in [1.54, 1.807) is 48.5 Å². The maximum absolute atomic E-state index is 7.34. The Balaban J connectivity index is 1.70. The molecule has 0 bridgehead atoms. The molecule has 0 saturated heterocycles. The summed E-state index contributed by atoms with van der Waals surface area (Å²) in [5, 5.41) is 14.5. The van der Waals surface area contributed by atoms with Gasteiger partial charge in [-0.1, -0.05) is 0 Å². The topological polar surface area (TPSA) is 118 Å². The molecule has 6 N–H and O–H groups in total. The molecule has 0 heterocycles. The molecule has 2 rings (SSSR count). The third kappa shape index (κ3) is 6.00. The maximum atomic E-state index is 7.34. The van der Waals surface area contributed by atoms with Crippen LogP contribution >= 0.6 is 11.6 Å². The lowest BCUT2D eigenvalue weighted by Crippen LogP contribution is -2.15. The van der Waals surface area contributed by atoms with Gasteiger partial charge in [0.1, 0.15) is 29.8 Å². The fourth-order valence-corrected chi connectivity index (χ4v) is 2.19. The number of ether oxygens (including phenoxy) is 2. The van der Waals surface area contributed by atoms with Crippen molar-refractivity contribution in [3.05, 3.63) is 59.7 Å². The summed E-state index contributed by atoms with van der Waals surface area (Å²) in [6.45, 7) is 0.813. The predicted molar refractivity (Wildman–Crippen MR) is 100 cm³/mol. The molecule has 2 aromatic rings. The second kappa shape index (κ2) is 8.94. The summed E-state index contributed by atoms with van der Waals surface area (Å²) in [6, 6.07) is 14.0. The van der Waals surface area contributed by atoms with Crippen LogP contribution in [0.2, 0.25) is 0 Å². The average molecular weight is 361 g/mol. The molecule has 0 radical (unpaired) electrons. The fourth-order valence-electron chi connectivity index (χ4n) is 2.04. The van der Waals surface area contributed by atoms with Gasteiger partial charge in [-0.05, 0) is 48.5 Å². The molecule has 2 aromatic carbocycles. The maximum Gasteiger partial charge on any atom is 0.122 e. The lowest BCUT2D eigenvalue weighted by Gasteiger charge is -2.13. The Hall–Kier alpha value is -2.73. The molecule has 0 aliphatic heterocycles. The third-order valence-electron chi connectivity index (χ3n) is 3.46. The highest BCUT2D eigenvalue weighted by Crippen LogP contribution is 2.15. The number of hydrogen-bond donors (Lipinski definition) is 4. The van der Waals surface area contributed by atoms with Gasteiger partial charge in [-0.3, -0.25) is 10.8 Å². The SMILES string of the molecule is N=C(N)c1ccc(OCCC(Cl)COc2ccc(C(=N)N)cc2)cc1. The first kappa shape index (κ1) is 18.6. The molecule has 132 valence electrons. The second-order valence-electron chi connectivity index (χ2n) is 5.42. The number of rotatable bonds is 9. The monoisotopic (exact) mass is 360 g/mol. The zero-order chi connectivity index (χ0) is 18.2. The normalized spacial score (nSPS) is 11.6. The number of nitrogens with one attached hydrogen (secondary N) is 2. The van der Waals surface area contributed by atoms with Gasteiger partial charge in [-0.15, -0.1) is 11.6 Å². The molecule has 1 unspecified atom stereocenters. The van der Waals surface area contributed by atoms with Gasteiger partial charge in [-0.2, -0.15) is 0 Å². The first-order valence-electron chi connectivity index (χ1n) is 7.74. The second-order valence-corrected chi connectivity index (χ2v) is 6.04. The van der Waals surface area contributed by atoms with Crippen LogP contribution in [-0.2, 0) is 0 Å². The van der Waals surface area contributed by atoms with Gasteiger partial charge in [0, 0.05) is 17.5 Å². The van der Waals surface area contributed by atoms with Crippen LogP contribution < -0.4 is 20.9 Å². The first-order chi connectivity index (χ1) is 12.0. The van der Waals surface area contributed by atoms with E-state index >= 15 is 0 Å². The van der Waals surface area contributed by atoms with Crippen molar-refractivity contribution in [2.75, 3.05) is 13.2 Å². The summed E-state index contributed by atoms with van der Waals surface area (Å²) in [5.74, 6) is 1.43. The van der Waals surface area contributed by atoms with Gasteiger partial charge in [0.05, 0.1) is 12.0 Å². The van der Waals surface area contributed by atoms with Crippen LogP contribution in [-0.4, -0.2) is 30.3 Å². The molecule has 0 saturated carbocycles. The van der Waals surface area contributed by atoms with Gasteiger partial charge in [0.2, 0.25) is 0 Å². The molecule has 0 aliphatic carbocycles. The summed E-state index contributed by atoms with van der Waals surface area (Å²) >= 11 is 6.24. The van der Waals surface area contributed by atoms with E-state index in [9.17, 15) is 0 Å². The fraction of sp³-hybridized carbons (Fsp3) is 0.222. The number of benzene rings is 2. The number of halogens is 1. The zero-order valence-corrected chi connectivity index (χ0v) is 14.4. The highest BCUT2D eigenvalue weighted by atomic mass is 35.5. The van der Waals surface area contributed by atoms with E-state index in [4.69, 9.17) is 43.4 Å². The summed E-state index contributed by atoms with van der Waals surface area (Å²) in [4.78, 5) is 0. The van der Waals surface area contributed by atoms with Crippen LogP contribution in [0.3, 0.4) is 0 Å². The van der Waals surface area contributed by atoms with Crippen LogP contribution in [0.25, 0.3) is 0 Å². The number of nitrogens with two attached hydrogens (primary N) is 2. The Morgan fingerprint density at radius 2 is 1.28 bits per heavy atom. The van der Waals surface area contributed by atoms with E-state index in [-0.39, 0.29) is 17.0 Å². The van der Waals surface area contributed by atoms with Crippen LogP contribution in [0, 0.1) is 10.8 Å². The van der Waals surface area contributed by atoms with Crippen molar-refractivity contribution < 1.29 is 9.47 Å². The van der Waals surface area contributed by atoms with Crippen LogP contribution in [0.5, 0.6) is 11.5 Å². The van der Waals surface area contributed by atoms with E-state index < -0.39 is 0 Å². The third-order valence-corrected chi connectivity index (χ3v) is 3.81. The number of hydrogen-bond acceptors (Lipinski definition) is 4. The summed E-state index contributed by atoms with van der Waals surface area (Å²) < 4.78 is 11.2. The Bertz CT molecular complexity index is 717. The van der Waals surface area contributed by atoms with Crippen molar-refractivity contribution in [3.8, 4) is 11.5 Å². The van der Waals surface area contributed by atoms with Crippen molar-refractivity contribution in [3.63, 3.8) is 0 Å². The molecular weight excluding hydrogens is 340 g/mol. The minimum absolute atomic E-state index is 0.0234. The Morgan fingerprint density at radius 3 is 1.72 bits per heavy atom. The van der Waals surface area contributed by atoms with Crippen LogP contribution in [0.4, 0.5) is 0 Å². The molecule has 7 heteroatoms. The molecule has 0 fully saturated rings. The molecule has 0 spiro atoms. The highest BCUT2D eigenvalue weighted by Gasteiger charge is 2.07. The summed E-state index contributed by atoms with van der Waals surface area (Å²) in [6.07, 6.45) is 0.627. The largest absolute Gasteiger partial charge is 0.494 e. The number of alkyl halides is 1. The van der Waals surface area contributed by atoms with Gasteiger partial charge in [-0.25, -0.2) is 0 Å². The number of amidine groups is 2. The highest BCUT2D eigenvalue weighted by molar-refractivity contribution is 6.20. The molecule has 0 aliphatic rings. The smallest absolute Gasteiger partial charge is 0.122 e. The molecular formula is C18H21ClN4O2. The lowest BCUT2D eigenvalue weighted by atomic mass is 10.2. The number of nitrogen functional groups attached to an aromatic ring is 2. The Morgan fingerprint density at radius 1 is 0.840 bits per heavy atom. The average Bonchev–Trinajstić information content (AvgIpc) is 2.60. The zero-order valence-electron chi connectivity index (χ0n) is 13.7. The van der Waals surface area contributed by atoms with E-state index in [1.165, 1.54) is 0 Å². The van der Waals surface area contributed by atoms with Crippen LogP contribution in [0.1, 0.15) is 17.5 Å². The van der Waals surface area contributed by atoms with Crippen molar-refractivity contribution in [1.82, 2.24) is 0 Å². The van der Waals surface area contributed by atoms with Gasteiger partial charge in [0.25, 0.3) is 0 Å². The predicted octanol–water partition coefficient (Wildman–Crippen LogP) is 2.71. The Kier molecular flexibility index (Phi) is 6.65. The summed E-state index contributed by atoms with van der Waals surface area (Å²) in [7, 11) is 0. The van der Waals surface area contributed by atoms with Gasteiger partial charge < -0.3 is 20.9 Å². The van der Waals surface area contributed by atoms with E-state index in [0.717, 1.165) is 0 Å². The van der Waals surface area contributed by atoms with Crippen LogP contribution in [0.15, 0.2) is 48.5 Å². The molecule has 1 atom stereocenters. The quantitative estimate of drug-likeness (QED) is 0.312. The van der Waals surface area contributed by atoms with Crippen molar-refractivity contribution in [2.24, 2.45) is 11.5 Å². The molecule has 25 heavy (non-hydrogen) atoms. The lowest BCUT2D eigenvalue weighted by molar-refractivity contribution is 0.269. The van der Waals surface area contributed by atoms with Gasteiger partial charge in [0.15, 0.2) is 0 Å². The van der Waals surface area contributed by atoms with E-state index in [1.807, 2.05) is 0 Å². The first-order valence-corrected chi connectivity index (χ1v) is 8.18. The Labute approximate surface area is 151 Å². The van der Waals surface area contributed by atoms with Crippen molar-refractivity contribution in [1.29, 1.82) is 10.8 Å². The molecule has 0 amide bonds. The van der Waals surface area contributed by atoms with Crippen molar-refractivity contribution >= 4 is 23.3 Å². The van der Waals surface area contributed by atoms with Crippen molar-refractivity contribution in [2.45, 2.75) is 11.8 Å². The summed E-state index contributed by atoms with van der Waals surface area (Å²) in [5.41, 5.74) is 12.1. The van der Waals surface area contributed by atoms with E-state index in [2.05, 4.69) is 0 Å². The standard InChI is InChI=1S/C18H21ClN4O2/c19-14(11-25-16-7-3-13(4-8-16)18(22)23)9-10-24-15-5-1-12(2-6-15)17(20)21/h1-8,14H,9-11H2,(H3,20,21)(H3,22,23). The van der Waals surface area contributed by atoms with Gasteiger partial charge >= 0.3 is 0 Å². The molecule has 0 aromatic heterocycles. The minimum Gasteiger partial charge on any atom is -0.494 e. The molecule has 6 nitrogen and oxygen atoms in total. The van der Waals surface area contributed by atoms with E-state index in [0.29, 0.717) is 42.3 Å². The minimum atomic E-state index is -0.191.